The van der Waals surface area contributed by atoms with Crippen LogP contribution >= 0.6 is 0 Å². The molecule has 1 unspecified atom stereocenters. The van der Waals surface area contributed by atoms with Gasteiger partial charge in [0.05, 0.1) is 6.04 Å². The molecule has 3 rings (SSSR count). The predicted molar refractivity (Wildman–Crippen MR) is 106 cm³/mol. The van der Waals surface area contributed by atoms with E-state index in [2.05, 4.69) is 83.6 Å². The van der Waals surface area contributed by atoms with E-state index in [1.165, 1.54) is 16.7 Å². The molecular formula is C22H31N3. The van der Waals surface area contributed by atoms with Gasteiger partial charge in [-0.1, -0.05) is 68.4 Å². The molecule has 0 saturated carbocycles. The lowest BCUT2D eigenvalue weighted by molar-refractivity contribution is 0.198. The SMILES string of the molecule is CCN(CC)Cc1ccc(C(c2ccccc2)N2CCNCC2)cc1. The van der Waals surface area contributed by atoms with Gasteiger partial charge in [-0.15, -0.1) is 0 Å². The highest BCUT2D eigenvalue weighted by atomic mass is 15.2. The molecular weight excluding hydrogens is 306 g/mol. The molecule has 134 valence electrons. The maximum absolute atomic E-state index is 3.47. The first-order valence-electron chi connectivity index (χ1n) is 9.62. The van der Waals surface area contributed by atoms with Gasteiger partial charge < -0.3 is 5.32 Å². The molecule has 0 amide bonds. The van der Waals surface area contributed by atoms with E-state index in [4.69, 9.17) is 0 Å². The largest absolute Gasteiger partial charge is 0.314 e. The van der Waals surface area contributed by atoms with Crippen LogP contribution < -0.4 is 5.32 Å². The zero-order valence-electron chi connectivity index (χ0n) is 15.6. The summed E-state index contributed by atoms with van der Waals surface area (Å²) in [6.45, 7) is 12.0. The molecule has 3 heteroatoms. The Labute approximate surface area is 152 Å². The summed E-state index contributed by atoms with van der Waals surface area (Å²) in [5.41, 5.74) is 4.19. The second-order valence-corrected chi connectivity index (χ2v) is 6.80. The quantitative estimate of drug-likeness (QED) is 0.834. The van der Waals surface area contributed by atoms with E-state index in [-0.39, 0.29) is 0 Å². The van der Waals surface area contributed by atoms with Gasteiger partial charge in [-0.05, 0) is 29.8 Å². The number of piperazine rings is 1. The van der Waals surface area contributed by atoms with Crippen LogP contribution in [-0.2, 0) is 6.54 Å². The lowest BCUT2D eigenvalue weighted by Gasteiger charge is -2.35. The van der Waals surface area contributed by atoms with E-state index < -0.39 is 0 Å². The fraction of sp³-hybridized carbons (Fsp3) is 0.455. The molecule has 1 aliphatic rings. The first-order valence-corrected chi connectivity index (χ1v) is 9.62. The molecule has 1 heterocycles. The second kappa shape index (κ2) is 9.14. The molecule has 2 aromatic carbocycles. The number of nitrogens with one attached hydrogen (secondary N) is 1. The zero-order chi connectivity index (χ0) is 17.5. The Bertz CT molecular complexity index is 613. The smallest absolute Gasteiger partial charge is 0.0602 e. The van der Waals surface area contributed by atoms with Gasteiger partial charge in [-0.25, -0.2) is 0 Å². The number of hydrogen-bond donors (Lipinski definition) is 1. The van der Waals surface area contributed by atoms with Crippen molar-refractivity contribution in [2.45, 2.75) is 26.4 Å². The highest BCUT2D eigenvalue weighted by Gasteiger charge is 2.23. The number of benzene rings is 2. The summed E-state index contributed by atoms with van der Waals surface area (Å²) in [6.07, 6.45) is 0. The maximum Gasteiger partial charge on any atom is 0.0602 e. The Morgan fingerprint density at radius 3 is 2.08 bits per heavy atom. The summed E-state index contributed by atoms with van der Waals surface area (Å²) in [5.74, 6) is 0. The van der Waals surface area contributed by atoms with Crippen LogP contribution in [-0.4, -0.2) is 49.1 Å². The molecule has 2 aromatic rings. The van der Waals surface area contributed by atoms with Crippen LogP contribution in [0.4, 0.5) is 0 Å². The summed E-state index contributed by atoms with van der Waals surface area (Å²) in [4.78, 5) is 5.06. The van der Waals surface area contributed by atoms with Gasteiger partial charge in [0.2, 0.25) is 0 Å². The van der Waals surface area contributed by atoms with E-state index in [9.17, 15) is 0 Å². The Morgan fingerprint density at radius 2 is 1.48 bits per heavy atom. The van der Waals surface area contributed by atoms with Gasteiger partial charge in [0.25, 0.3) is 0 Å². The van der Waals surface area contributed by atoms with Gasteiger partial charge in [0.15, 0.2) is 0 Å². The third-order valence-electron chi connectivity index (χ3n) is 5.23. The molecule has 1 atom stereocenters. The molecule has 0 aromatic heterocycles. The molecule has 1 aliphatic heterocycles. The minimum atomic E-state index is 0.353. The Kier molecular flexibility index (Phi) is 6.62. The van der Waals surface area contributed by atoms with Crippen molar-refractivity contribution >= 4 is 0 Å². The van der Waals surface area contributed by atoms with Gasteiger partial charge in [-0.3, -0.25) is 9.80 Å². The van der Waals surface area contributed by atoms with Crippen molar-refractivity contribution in [3.8, 4) is 0 Å². The lowest BCUT2D eigenvalue weighted by Crippen LogP contribution is -2.45. The van der Waals surface area contributed by atoms with Crippen LogP contribution in [0.5, 0.6) is 0 Å². The van der Waals surface area contributed by atoms with Crippen molar-refractivity contribution in [1.82, 2.24) is 15.1 Å². The lowest BCUT2D eigenvalue weighted by atomic mass is 9.95. The van der Waals surface area contributed by atoms with Crippen LogP contribution in [0.1, 0.15) is 36.6 Å². The molecule has 1 saturated heterocycles. The van der Waals surface area contributed by atoms with Crippen molar-refractivity contribution in [3.05, 3.63) is 71.3 Å². The third kappa shape index (κ3) is 4.69. The average molecular weight is 338 g/mol. The van der Waals surface area contributed by atoms with Gasteiger partial charge >= 0.3 is 0 Å². The van der Waals surface area contributed by atoms with E-state index in [1.807, 2.05) is 0 Å². The molecule has 0 bridgehead atoms. The first-order chi connectivity index (χ1) is 12.3. The Morgan fingerprint density at radius 1 is 0.880 bits per heavy atom. The monoisotopic (exact) mass is 337 g/mol. The third-order valence-corrected chi connectivity index (χ3v) is 5.23. The van der Waals surface area contributed by atoms with Crippen molar-refractivity contribution in [3.63, 3.8) is 0 Å². The van der Waals surface area contributed by atoms with E-state index in [0.29, 0.717) is 6.04 Å². The molecule has 1 N–H and O–H groups in total. The Balaban J connectivity index is 1.83. The fourth-order valence-corrected chi connectivity index (χ4v) is 3.70. The van der Waals surface area contributed by atoms with Crippen LogP contribution in [0.3, 0.4) is 0 Å². The van der Waals surface area contributed by atoms with Crippen molar-refractivity contribution in [2.24, 2.45) is 0 Å². The number of hydrogen-bond acceptors (Lipinski definition) is 3. The van der Waals surface area contributed by atoms with Gasteiger partial charge in [0, 0.05) is 32.7 Å². The summed E-state index contributed by atoms with van der Waals surface area (Å²) >= 11 is 0. The number of nitrogens with zero attached hydrogens (tertiary/aromatic N) is 2. The van der Waals surface area contributed by atoms with Crippen molar-refractivity contribution < 1.29 is 0 Å². The summed E-state index contributed by atoms with van der Waals surface area (Å²) in [6, 6.07) is 20.6. The highest BCUT2D eigenvalue weighted by molar-refractivity contribution is 5.34. The zero-order valence-corrected chi connectivity index (χ0v) is 15.6. The maximum atomic E-state index is 3.47. The standard InChI is InChI=1S/C22H31N3/c1-3-24(4-2)18-19-10-12-21(13-11-19)22(20-8-6-5-7-9-20)25-16-14-23-15-17-25/h5-13,22-23H,3-4,14-18H2,1-2H3. The molecule has 0 spiro atoms. The molecule has 0 radical (unpaired) electrons. The first kappa shape index (κ1) is 18.1. The highest BCUT2D eigenvalue weighted by Crippen LogP contribution is 2.29. The van der Waals surface area contributed by atoms with Crippen LogP contribution in [0, 0.1) is 0 Å². The average Bonchev–Trinajstić information content (AvgIpc) is 2.69. The molecule has 0 aliphatic carbocycles. The number of rotatable bonds is 7. The Hall–Kier alpha value is -1.68. The van der Waals surface area contributed by atoms with E-state index in [0.717, 1.165) is 45.8 Å². The minimum absolute atomic E-state index is 0.353. The normalized spacial score (nSPS) is 16.9. The summed E-state index contributed by atoms with van der Waals surface area (Å²) < 4.78 is 0. The van der Waals surface area contributed by atoms with Crippen LogP contribution in [0.15, 0.2) is 54.6 Å². The predicted octanol–water partition coefficient (Wildman–Crippen LogP) is 3.52. The molecule has 1 fully saturated rings. The topological polar surface area (TPSA) is 18.5 Å². The van der Waals surface area contributed by atoms with Crippen molar-refractivity contribution in [1.29, 1.82) is 0 Å². The molecule has 25 heavy (non-hydrogen) atoms. The van der Waals surface area contributed by atoms with Crippen LogP contribution in [0.2, 0.25) is 0 Å². The van der Waals surface area contributed by atoms with E-state index in [1.54, 1.807) is 0 Å². The van der Waals surface area contributed by atoms with Crippen LogP contribution in [0.25, 0.3) is 0 Å². The fourth-order valence-electron chi connectivity index (χ4n) is 3.70. The second-order valence-electron chi connectivity index (χ2n) is 6.80. The van der Waals surface area contributed by atoms with E-state index >= 15 is 0 Å². The van der Waals surface area contributed by atoms with Gasteiger partial charge in [-0.2, -0.15) is 0 Å². The van der Waals surface area contributed by atoms with Gasteiger partial charge in [0.1, 0.15) is 0 Å². The summed E-state index contributed by atoms with van der Waals surface area (Å²) in [7, 11) is 0. The minimum Gasteiger partial charge on any atom is -0.314 e. The summed E-state index contributed by atoms with van der Waals surface area (Å²) in [5, 5.41) is 3.47. The molecule has 3 nitrogen and oxygen atoms in total. The van der Waals surface area contributed by atoms with Crippen molar-refractivity contribution in [2.75, 3.05) is 39.3 Å².